The maximum absolute atomic E-state index is 13.7. The van der Waals surface area contributed by atoms with Gasteiger partial charge in [-0.2, -0.15) is 4.31 Å². The van der Waals surface area contributed by atoms with Crippen molar-refractivity contribution in [2.24, 2.45) is 0 Å². The van der Waals surface area contributed by atoms with E-state index >= 15 is 0 Å². The van der Waals surface area contributed by atoms with Gasteiger partial charge in [0.05, 0.1) is 14.2 Å². The number of carbonyl (C=O) groups is 2. The maximum atomic E-state index is 13.7. The van der Waals surface area contributed by atoms with Gasteiger partial charge in [-0.25, -0.2) is 18.7 Å². The van der Waals surface area contributed by atoms with Crippen molar-refractivity contribution < 1.29 is 32.0 Å². The molecule has 0 radical (unpaired) electrons. The van der Waals surface area contributed by atoms with Gasteiger partial charge in [-0.1, -0.05) is 24.3 Å². The molecule has 1 amide bonds. The second-order valence-corrected chi connectivity index (χ2v) is 15.6. The molecule has 174 valence electrons. The third-order valence-corrected chi connectivity index (χ3v) is 8.88. The summed E-state index contributed by atoms with van der Waals surface area (Å²) < 4.78 is 43.9. The molecule has 1 atom stereocenters. The molecule has 1 N–H and O–H groups in total. The van der Waals surface area contributed by atoms with E-state index in [4.69, 9.17) is 14.0 Å². The number of amides is 1. The monoisotopic (exact) mass is 498 g/mol. The molecule has 1 aromatic carbocycles. The van der Waals surface area contributed by atoms with Crippen molar-refractivity contribution in [3.8, 4) is 5.75 Å². The second-order valence-electron chi connectivity index (χ2n) is 8.18. The number of hydrogen-bond acceptors (Lipinski definition) is 8. The molecule has 9 nitrogen and oxygen atoms in total. The number of benzene rings is 1. The van der Waals surface area contributed by atoms with Crippen LogP contribution in [0.25, 0.3) is 0 Å². The highest BCUT2D eigenvalue weighted by molar-refractivity contribution is 7.91. The predicted octanol–water partition coefficient (Wildman–Crippen LogP) is 2.54. The quantitative estimate of drug-likeness (QED) is 0.355. The smallest absolute Gasteiger partial charge is 0.342 e. The summed E-state index contributed by atoms with van der Waals surface area (Å²) >= 11 is 0.846. The number of nitrogens with zero attached hydrogens (tertiary/aromatic N) is 1. The lowest BCUT2D eigenvalue weighted by atomic mass is 9.95. The molecule has 0 saturated carbocycles. The molecule has 0 fully saturated rings. The summed E-state index contributed by atoms with van der Waals surface area (Å²) in [5.41, 5.74) is 4.16. The van der Waals surface area contributed by atoms with Crippen LogP contribution >= 0.6 is 11.3 Å². The van der Waals surface area contributed by atoms with E-state index in [1.54, 1.807) is 0 Å². The number of ether oxygens (including phenoxy) is 2. The third kappa shape index (κ3) is 4.88. The summed E-state index contributed by atoms with van der Waals surface area (Å²) in [5.74, 6) is -1.35. The van der Waals surface area contributed by atoms with Crippen LogP contribution < -0.4 is 10.2 Å². The van der Waals surface area contributed by atoms with Crippen LogP contribution in [-0.4, -0.2) is 53.2 Å². The van der Waals surface area contributed by atoms with Crippen LogP contribution in [0.4, 0.5) is 0 Å². The molecule has 32 heavy (non-hydrogen) atoms. The lowest BCUT2D eigenvalue weighted by Crippen LogP contribution is -2.53. The summed E-state index contributed by atoms with van der Waals surface area (Å²) in [6.45, 7) is 5.71. The Balaban J connectivity index is 2.04. The minimum absolute atomic E-state index is 0.00183. The standard InChI is InChI=1S/C20H26N2O7S2Si/c1-27-17-15(19(24)28-2)12-30-20(17)31(25,26)22-11-14-9-7-6-8-13(14)10-16(22)18(23)21-29-32(3,4)5/h6-9,12,16H,10-11H2,1-5H3,(H,21,23)/t16-/m1/s1. The number of rotatable bonds is 7. The number of thiophene rings is 1. The largest absolute Gasteiger partial charge is 0.494 e. The number of esters is 1. The van der Waals surface area contributed by atoms with Crippen LogP contribution in [0.15, 0.2) is 33.9 Å². The minimum Gasteiger partial charge on any atom is -0.494 e. The Morgan fingerprint density at radius 3 is 2.41 bits per heavy atom. The number of hydroxylamine groups is 1. The van der Waals surface area contributed by atoms with Gasteiger partial charge in [0.2, 0.25) is 8.32 Å². The minimum atomic E-state index is -4.20. The van der Waals surface area contributed by atoms with E-state index in [9.17, 15) is 18.0 Å². The molecule has 3 rings (SSSR count). The van der Waals surface area contributed by atoms with E-state index < -0.39 is 36.3 Å². The SMILES string of the molecule is COC(=O)c1csc(S(=O)(=O)N2Cc3ccccc3C[C@@H]2C(=O)NO[Si](C)(C)C)c1OC. The lowest BCUT2D eigenvalue weighted by Gasteiger charge is -2.35. The predicted molar refractivity (Wildman–Crippen MR) is 121 cm³/mol. The summed E-state index contributed by atoms with van der Waals surface area (Å²) in [6.07, 6.45) is 0.188. The van der Waals surface area contributed by atoms with Gasteiger partial charge in [-0.3, -0.25) is 4.79 Å². The number of carbonyl (C=O) groups excluding carboxylic acids is 2. The molecule has 2 heterocycles. The molecule has 0 unspecified atom stereocenters. The molecular formula is C20H26N2O7S2Si. The Morgan fingerprint density at radius 2 is 1.81 bits per heavy atom. The van der Waals surface area contributed by atoms with Crippen LogP contribution in [-0.2, 0) is 37.0 Å². The Labute approximate surface area is 192 Å². The summed E-state index contributed by atoms with van der Waals surface area (Å²) in [7, 11) is -3.80. The molecule has 1 aromatic heterocycles. The fraction of sp³-hybridized carbons (Fsp3) is 0.400. The molecule has 0 bridgehead atoms. The fourth-order valence-corrected chi connectivity index (χ4v) is 6.81. The van der Waals surface area contributed by atoms with Crippen molar-refractivity contribution in [3.63, 3.8) is 0 Å². The number of fused-ring (bicyclic) bond motifs is 1. The van der Waals surface area contributed by atoms with Gasteiger partial charge in [0.15, 0.2) is 9.96 Å². The van der Waals surface area contributed by atoms with E-state index in [0.29, 0.717) is 0 Å². The van der Waals surface area contributed by atoms with Crippen molar-refractivity contribution in [3.05, 3.63) is 46.3 Å². The zero-order valence-corrected chi connectivity index (χ0v) is 21.1. The van der Waals surface area contributed by atoms with E-state index in [1.165, 1.54) is 19.6 Å². The van der Waals surface area contributed by atoms with Gasteiger partial charge in [0.1, 0.15) is 11.6 Å². The zero-order valence-electron chi connectivity index (χ0n) is 18.5. The lowest BCUT2D eigenvalue weighted by molar-refractivity contribution is -0.132. The number of sulfonamides is 1. The van der Waals surface area contributed by atoms with Gasteiger partial charge >= 0.3 is 5.97 Å². The first-order chi connectivity index (χ1) is 15.0. The van der Waals surface area contributed by atoms with Crippen molar-refractivity contribution in [1.29, 1.82) is 0 Å². The molecule has 0 saturated heterocycles. The first kappa shape index (κ1) is 24.4. The van der Waals surface area contributed by atoms with E-state index in [0.717, 1.165) is 26.8 Å². The first-order valence-electron chi connectivity index (χ1n) is 9.80. The van der Waals surface area contributed by atoms with Gasteiger partial charge in [0, 0.05) is 11.9 Å². The Hall–Kier alpha value is -2.25. The van der Waals surface area contributed by atoms with Crippen LogP contribution in [0, 0.1) is 0 Å². The summed E-state index contributed by atoms with van der Waals surface area (Å²) in [5, 5.41) is 1.37. The molecule has 2 aromatic rings. The second kappa shape index (κ2) is 9.31. The van der Waals surface area contributed by atoms with E-state index in [-0.39, 0.29) is 28.5 Å². The number of nitrogens with one attached hydrogen (secondary N) is 1. The van der Waals surface area contributed by atoms with Crippen LogP contribution in [0.2, 0.25) is 19.6 Å². The molecule has 0 spiro atoms. The highest BCUT2D eigenvalue weighted by Gasteiger charge is 2.42. The van der Waals surface area contributed by atoms with Gasteiger partial charge in [-0.15, -0.1) is 11.3 Å². The zero-order chi connectivity index (χ0) is 23.7. The van der Waals surface area contributed by atoms with Crippen molar-refractivity contribution >= 4 is 41.6 Å². The highest BCUT2D eigenvalue weighted by atomic mass is 32.2. The van der Waals surface area contributed by atoms with Gasteiger partial charge in [0.25, 0.3) is 15.9 Å². The Morgan fingerprint density at radius 1 is 1.16 bits per heavy atom. The van der Waals surface area contributed by atoms with Crippen LogP contribution in [0.3, 0.4) is 0 Å². The van der Waals surface area contributed by atoms with Crippen molar-refractivity contribution in [2.45, 2.75) is 42.9 Å². The third-order valence-electron chi connectivity index (χ3n) is 4.83. The molecule has 1 aliphatic rings. The fourth-order valence-electron chi connectivity index (χ4n) is 3.30. The van der Waals surface area contributed by atoms with Gasteiger partial charge in [-0.05, 0) is 37.2 Å². The van der Waals surface area contributed by atoms with E-state index in [1.807, 2.05) is 43.9 Å². The summed E-state index contributed by atoms with van der Waals surface area (Å²) in [6, 6.07) is 6.34. The Bertz CT molecular complexity index is 1130. The summed E-state index contributed by atoms with van der Waals surface area (Å²) in [4.78, 5) is 25.1. The molecule has 0 aliphatic carbocycles. The van der Waals surface area contributed by atoms with Crippen LogP contribution in [0.5, 0.6) is 5.75 Å². The average Bonchev–Trinajstić information content (AvgIpc) is 3.20. The highest BCUT2D eigenvalue weighted by Crippen LogP contribution is 2.39. The van der Waals surface area contributed by atoms with Gasteiger partial charge < -0.3 is 14.0 Å². The molecular weight excluding hydrogens is 472 g/mol. The topological polar surface area (TPSA) is 111 Å². The van der Waals surface area contributed by atoms with E-state index in [2.05, 4.69) is 5.48 Å². The number of hydrogen-bond donors (Lipinski definition) is 1. The van der Waals surface area contributed by atoms with Crippen molar-refractivity contribution in [2.75, 3.05) is 14.2 Å². The normalized spacial score (nSPS) is 16.8. The average molecular weight is 499 g/mol. The van der Waals surface area contributed by atoms with Crippen molar-refractivity contribution in [1.82, 2.24) is 9.79 Å². The molecule has 12 heteroatoms. The molecule has 1 aliphatic heterocycles. The Kier molecular flexibility index (Phi) is 7.10. The first-order valence-corrected chi connectivity index (χ1v) is 15.5. The van der Waals surface area contributed by atoms with Crippen LogP contribution in [0.1, 0.15) is 21.5 Å². The number of methoxy groups -OCH3 is 2. The maximum Gasteiger partial charge on any atom is 0.342 e.